The first-order chi connectivity index (χ1) is 7.16. The van der Waals surface area contributed by atoms with Crippen molar-refractivity contribution in [1.29, 1.82) is 0 Å². The molecule has 0 spiro atoms. The van der Waals surface area contributed by atoms with Crippen LogP contribution in [0.3, 0.4) is 0 Å². The number of aromatic nitrogens is 2. The Kier molecular flexibility index (Phi) is 2.73. The SMILES string of the molecule is O=C(O)c1cnc(Cl)nc1NC1CCC1. The van der Waals surface area contributed by atoms with Gasteiger partial charge in [0.25, 0.3) is 0 Å². The van der Waals surface area contributed by atoms with E-state index in [2.05, 4.69) is 15.3 Å². The first kappa shape index (κ1) is 10.2. The minimum atomic E-state index is -1.05. The van der Waals surface area contributed by atoms with Crippen molar-refractivity contribution in [3.8, 4) is 0 Å². The van der Waals surface area contributed by atoms with E-state index >= 15 is 0 Å². The van der Waals surface area contributed by atoms with Gasteiger partial charge in [-0.1, -0.05) is 0 Å². The van der Waals surface area contributed by atoms with E-state index in [0.717, 1.165) is 12.8 Å². The fourth-order valence-corrected chi connectivity index (χ4v) is 1.51. The van der Waals surface area contributed by atoms with Crippen molar-refractivity contribution in [2.45, 2.75) is 25.3 Å². The molecule has 0 aromatic carbocycles. The van der Waals surface area contributed by atoms with Crippen LogP contribution in [0.4, 0.5) is 5.82 Å². The lowest BCUT2D eigenvalue weighted by Gasteiger charge is -2.27. The topological polar surface area (TPSA) is 75.1 Å². The van der Waals surface area contributed by atoms with Gasteiger partial charge in [-0.05, 0) is 30.9 Å². The van der Waals surface area contributed by atoms with Crippen LogP contribution in [0.5, 0.6) is 0 Å². The number of carboxylic acid groups (broad SMARTS) is 1. The number of aromatic carboxylic acids is 1. The third-order valence-corrected chi connectivity index (χ3v) is 2.62. The molecule has 1 aromatic heterocycles. The second kappa shape index (κ2) is 4.02. The Morgan fingerprint density at radius 3 is 2.87 bits per heavy atom. The molecule has 1 saturated carbocycles. The lowest BCUT2D eigenvalue weighted by Crippen LogP contribution is -2.28. The van der Waals surface area contributed by atoms with E-state index in [1.807, 2.05) is 0 Å². The van der Waals surface area contributed by atoms with Gasteiger partial charge in [-0.2, -0.15) is 4.98 Å². The predicted molar refractivity (Wildman–Crippen MR) is 55.3 cm³/mol. The summed E-state index contributed by atoms with van der Waals surface area (Å²) in [6.07, 6.45) is 4.47. The van der Waals surface area contributed by atoms with E-state index in [1.54, 1.807) is 0 Å². The molecule has 6 heteroatoms. The summed E-state index contributed by atoms with van der Waals surface area (Å²) in [5.74, 6) is -0.735. The van der Waals surface area contributed by atoms with Gasteiger partial charge in [0.1, 0.15) is 11.4 Å². The fraction of sp³-hybridized carbons (Fsp3) is 0.444. The zero-order chi connectivity index (χ0) is 10.8. The molecule has 2 rings (SSSR count). The number of nitrogens with zero attached hydrogens (tertiary/aromatic N) is 2. The fourth-order valence-electron chi connectivity index (χ4n) is 1.37. The second-order valence-electron chi connectivity index (χ2n) is 3.48. The van der Waals surface area contributed by atoms with Gasteiger partial charge >= 0.3 is 5.97 Å². The molecule has 5 nitrogen and oxygen atoms in total. The zero-order valence-electron chi connectivity index (χ0n) is 7.90. The third kappa shape index (κ3) is 2.18. The van der Waals surface area contributed by atoms with E-state index < -0.39 is 5.97 Å². The van der Waals surface area contributed by atoms with Crippen LogP contribution in [-0.4, -0.2) is 27.1 Å². The Morgan fingerprint density at radius 2 is 2.33 bits per heavy atom. The van der Waals surface area contributed by atoms with E-state index in [1.165, 1.54) is 12.6 Å². The number of carbonyl (C=O) groups is 1. The standard InChI is InChI=1S/C9H10ClN3O2/c10-9-11-4-6(8(14)15)7(13-9)12-5-2-1-3-5/h4-5H,1-3H2,(H,14,15)(H,11,12,13). The van der Waals surface area contributed by atoms with Crippen LogP contribution in [0.2, 0.25) is 5.28 Å². The summed E-state index contributed by atoms with van der Waals surface area (Å²) in [5.41, 5.74) is 0.0614. The molecule has 0 radical (unpaired) electrons. The molecular weight excluding hydrogens is 218 g/mol. The first-order valence-corrected chi connectivity index (χ1v) is 5.07. The van der Waals surface area contributed by atoms with E-state index in [0.29, 0.717) is 11.9 Å². The summed E-state index contributed by atoms with van der Waals surface area (Å²) in [5, 5.41) is 12.0. The lowest BCUT2D eigenvalue weighted by atomic mass is 9.93. The summed E-state index contributed by atoms with van der Waals surface area (Å²) in [7, 11) is 0. The Morgan fingerprint density at radius 1 is 1.60 bits per heavy atom. The number of hydrogen-bond donors (Lipinski definition) is 2. The largest absolute Gasteiger partial charge is 0.477 e. The third-order valence-electron chi connectivity index (χ3n) is 2.44. The van der Waals surface area contributed by atoms with Gasteiger partial charge in [-0.3, -0.25) is 0 Å². The van der Waals surface area contributed by atoms with Gasteiger partial charge in [0.15, 0.2) is 0 Å². The van der Waals surface area contributed by atoms with E-state index in [-0.39, 0.29) is 10.8 Å². The average Bonchev–Trinajstić information content (AvgIpc) is 2.11. The number of rotatable bonds is 3. The molecule has 0 atom stereocenters. The highest BCUT2D eigenvalue weighted by atomic mass is 35.5. The van der Waals surface area contributed by atoms with E-state index in [9.17, 15) is 4.79 Å². The minimum absolute atomic E-state index is 0.0572. The van der Waals surface area contributed by atoms with Gasteiger partial charge in [-0.15, -0.1) is 0 Å². The number of halogens is 1. The maximum atomic E-state index is 10.9. The monoisotopic (exact) mass is 227 g/mol. The van der Waals surface area contributed by atoms with Crippen molar-refractivity contribution in [3.05, 3.63) is 17.0 Å². The highest BCUT2D eigenvalue weighted by Gasteiger charge is 2.21. The first-order valence-electron chi connectivity index (χ1n) is 4.69. The normalized spacial score (nSPS) is 15.8. The molecule has 0 amide bonds. The smallest absolute Gasteiger partial charge is 0.341 e. The van der Waals surface area contributed by atoms with Crippen LogP contribution in [0, 0.1) is 0 Å². The van der Waals surface area contributed by atoms with Crippen molar-refractivity contribution in [3.63, 3.8) is 0 Å². The highest BCUT2D eigenvalue weighted by molar-refractivity contribution is 6.28. The van der Waals surface area contributed by atoms with Crippen molar-refractivity contribution in [2.75, 3.05) is 5.32 Å². The molecule has 0 unspecified atom stereocenters. The lowest BCUT2D eigenvalue weighted by molar-refractivity contribution is 0.0697. The van der Waals surface area contributed by atoms with Gasteiger partial charge in [0.05, 0.1) is 0 Å². The maximum Gasteiger partial charge on any atom is 0.341 e. The number of carboxylic acids is 1. The molecular formula is C9H10ClN3O2. The van der Waals surface area contributed by atoms with Gasteiger partial charge in [0, 0.05) is 12.2 Å². The summed E-state index contributed by atoms with van der Waals surface area (Å²) in [6, 6.07) is 0.314. The van der Waals surface area contributed by atoms with Crippen LogP contribution in [0.1, 0.15) is 29.6 Å². The molecule has 15 heavy (non-hydrogen) atoms. The Labute approximate surface area is 91.5 Å². The molecule has 0 saturated heterocycles. The summed E-state index contributed by atoms with van der Waals surface area (Å²) >= 11 is 5.61. The maximum absolute atomic E-state index is 10.9. The molecule has 0 bridgehead atoms. The van der Waals surface area contributed by atoms with Crippen molar-refractivity contribution < 1.29 is 9.90 Å². The highest BCUT2D eigenvalue weighted by Crippen LogP contribution is 2.24. The molecule has 1 heterocycles. The number of anilines is 1. The molecule has 1 aromatic rings. The van der Waals surface area contributed by atoms with Crippen LogP contribution in [0.25, 0.3) is 0 Å². The summed E-state index contributed by atoms with van der Waals surface area (Å²) < 4.78 is 0. The van der Waals surface area contributed by atoms with Crippen molar-refractivity contribution in [2.24, 2.45) is 0 Å². The quantitative estimate of drug-likeness (QED) is 0.770. The predicted octanol–water partition coefficient (Wildman–Crippen LogP) is 1.79. The number of hydrogen-bond acceptors (Lipinski definition) is 4. The van der Waals surface area contributed by atoms with Crippen molar-refractivity contribution >= 4 is 23.4 Å². The Balaban J connectivity index is 2.24. The molecule has 0 aliphatic heterocycles. The molecule has 1 fully saturated rings. The molecule has 1 aliphatic carbocycles. The second-order valence-corrected chi connectivity index (χ2v) is 3.82. The zero-order valence-corrected chi connectivity index (χ0v) is 8.66. The number of nitrogens with one attached hydrogen (secondary N) is 1. The van der Waals surface area contributed by atoms with Crippen LogP contribution < -0.4 is 5.32 Å². The van der Waals surface area contributed by atoms with Crippen LogP contribution >= 0.6 is 11.6 Å². The Bertz CT molecular complexity index is 393. The molecule has 2 N–H and O–H groups in total. The Hall–Kier alpha value is -1.36. The summed E-state index contributed by atoms with van der Waals surface area (Å²) in [6.45, 7) is 0. The average molecular weight is 228 g/mol. The van der Waals surface area contributed by atoms with Gasteiger partial charge in [0.2, 0.25) is 5.28 Å². The van der Waals surface area contributed by atoms with Crippen LogP contribution in [0.15, 0.2) is 6.20 Å². The van der Waals surface area contributed by atoms with Gasteiger partial charge < -0.3 is 10.4 Å². The summed E-state index contributed by atoms with van der Waals surface area (Å²) in [4.78, 5) is 18.4. The molecule has 80 valence electrons. The molecule has 1 aliphatic rings. The minimum Gasteiger partial charge on any atom is -0.477 e. The van der Waals surface area contributed by atoms with E-state index in [4.69, 9.17) is 16.7 Å². The van der Waals surface area contributed by atoms with Crippen LogP contribution in [-0.2, 0) is 0 Å². The van der Waals surface area contributed by atoms with Crippen molar-refractivity contribution in [1.82, 2.24) is 9.97 Å². The van der Waals surface area contributed by atoms with Gasteiger partial charge in [-0.25, -0.2) is 9.78 Å².